The summed E-state index contributed by atoms with van der Waals surface area (Å²) in [5.41, 5.74) is 3.46. The minimum Gasteiger partial charge on any atom is -0.378 e. The molecule has 2 fully saturated rings. The Balaban J connectivity index is 1.21. The summed E-state index contributed by atoms with van der Waals surface area (Å²) in [7, 11) is 0. The van der Waals surface area contributed by atoms with Crippen molar-refractivity contribution in [3.63, 3.8) is 0 Å². The Hall–Kier alpha value is -3.25. The van der Waals surface area contributed by atoms with Gasteiger partial charge in [0.2, 0.25) is 0 Å². The van der Waals surface area contributed by atoms with Gasteiger partial charge in [-0.05, 0) is 67.0 Å². The average Bonchev–Trinajstić information content (AvgIpc) is 2.94. The van der Waals surface area contributed by atoms with E-state index in [1.165, 1.54) is 0 Å². The van der Waals surface area contributed by atoms with Crippen molar-refractivity contribution in [3.8, 4) is 11.4 Å². The SMILES string of the molecule is CSc1cnc(-c2ccc(NC(=S)Nc3ccc(N4CCOCC4=O)cc3)cc2)nc1N1CCOCC1. The highest BCUT2D eigenvalue weighted by Gasteiger charge is 2.20. The number of benzene rings is 2. The molecule has 2 aromatic carbocycles. The van der Waals surface area contributed by atoms with Crippen LogP contribution in [0.5, 0.6) is 0 Å². The fourth-order valence-corrected chi connectivity index (χ4v) is 4.91. The molecule has 3 aromatic rings. The van der Waals surface area contributed by atoms with Crippen molar-refractivity contribution in [2.24, 2.45) is 0 Å². The lowest BCUT2D eigenvalue weighted by Crippen LogP contribution is -2.41. The van der Waals surface area contributed by atoms with Crippen LogP contribution in [-0.4, -0.2) is 73.3 Å². The summed E-state index contributed by atoms with van der Waals surface area (Å²) in [4.78, 5) is 26.5. The second-order valence-electron chi connectivity index (χ2n) is 8.49. The number of hydrogen-bond donors (Lipinski definition) is 2. The first-order valence-electron chi connectivity index (χ1n) is 12.0. The van der Waals surface area contributed by atoms with E-state index in [0.717, 1.165) is 46.4 Å². The molecule has 37 heavy (non-hydrogen) atoms. The summed E-state index contributed by atoms with van der Waals surface area (Å²) < 4.78 is 10.7. The molecule has 2 aliphatic rings. The highest BCUT2D eigenvalue weighted by atomic mass is 32.2. The molecule has 0 bridgehead atoms. The lowest BCUT2D eigenvalue weighted by molar-refractivity contribution is -0.125. The first-order chi connectivity index (χ1) is 18.1. The Kier molecular flexibility index (Phi) is 8.15. The minimum atomic E-state index is -0.0319. The van der Waals surface area contributed by atoms with Crippen molar-refractivity contribution in [1.29, 1.82) is 0 Å². The fourth-order valence-electron chi connectivity index (χ4n) is 4.16. The molecule has 0 spiro atoms. The molecule has 1 aromatic heterocycles. The molecule has 1 amide bonds. The van der Waals surface area contributed by atoms with Crippen LogP contribution in [0.15, 0.2) is 59.6 Å². The van der Waals surface area contributed by atoms with Crippen molar-refractivity contribution in [2.45, 2.75) is 4.90 Å². The van der Waals surface area contributed by atoms with Crippen LogP contribution in [0.25, 0.3) is 11.4 Å². The van der Waals surface area contributed by atoms with Gasteiger partial charge in [-0.15, -0.1) is 11.8 Å². The molecule has 2 saturated heterocycles. The van der Waals surface area contributed by atoms with Crippen LogP contribution in [0.3, 0.4) is 0 Å². The van der Waals surface area contributed by atoms with E-state index in [1.54, 1.807) is 16.7 Å². The van der Waals surface area contributed by atoms with Crippen LogP contribution in [0.1, 0.15) is 0 Å². The number of nitrogens with one attached hydrogen (secondary N) is 2. The van der Waals surface area contributed by atoms with E-state index in [0.29, 0.717) is 37.3 Å². The van der Waals surface area contributed by atoms with Gasteiger partial charge in [-0.25, -0.2) is 9.97 Å². The van der Waals surface area contributed by atoms with Gasteiger partial charge in [-0.3, -0.25) is 4.79 Å². The number of carbonyl (C=O) groups is 1. The number of amides is 1. The third kappa shape index (κ3) is 6.19. The van der Waals surface area contributed by atoms with Gasteiger partial charge in [-0.1, -0.05) is 0 Å². The Bertz CT molecular complexity index is 1250. The molecule has 192 valence electrons. The zero-order valence-electron chi connectivity index (χ0n) is 20.5. The maximum absolute atomic E-state index is 12.0. The quantitative estimate of drug-likeness (QED) is 0.357. The fraction of sp³-hybridized carbons (Fsp3) is 0.308. The number of morpholine rings is 2. The van der Waals surface area contributed by atoms with E-state index in [2.05, 4.69) is 20.5 Å². The Morgan fingerprint density at radius 3 is 2.24 bits per heavy atom. The van der Waals surface area contributed by atoms with Gasteiger partial charge in [-0.2, -0.15) is 0 Å². The Labute approximate surface area is 225 Å². The second kappa shape index (κ2) is 11.9. The largest absolute Gasteiger partial charge is 0.378 e. The molecule has 0 saturated carbocycles. The number of anilines is 4. The number of carbonyl (C=O) groups excluding carboxylic acids is 1. The standard InChI is InChI=1S/C26H28N6O3S2/c1-37-22-16-27-24(30-25(22)31-10-13-34-14-11-31)18-2-4-19(5-3-18)28-26(36)29-20-6-8-21(9-7-20)32-12-15-35-17-23(32)33/h2-9,16H,10-15,17H2,1H3,(H2,28,29,36). The van der Waals surface area contributed by atoms with Gasteiger partial charge in [0.15, 0.2) is 10.9 Å². The summed E-state index contributed by atoms with van der Waals surface area (Å²) >= 11 is 7.14. The smallest absolute Gasteiger partial charge is 0.253 e. The summed E-state index contributed by atoms with van der Waals surface area (Å²) in [6.07, 6.45) is 3.93. The predicted molar refractivity (Wildman–Crippen MR) is 152 cm³/mol. The number of hydrogen-bond acceptors (Lipinski definition) is 8. The molecule has 9 nitrogen and oxygen atoms in total. The van der Waals surface area contributed by atoms with Crippen LogP contribution < -0.4 is 20.4 Å². The molecule has 2 aliphatic heterocycles. The van der Waals surface area contributed by atoms with Crippen molar-refractivity contribution >= 4 is 57.9 Å². The molecule has 0 aliphatic carbocycles. The van der Waals surface area contributed by atoms with E-state index in [4.69, 9.17) is 26.7 Å². The lowest BCUT2D eigenvalue weighted by atomic mass is 10.2. The molecule has 5 rings (SSSR count). The summed E-state index contributed by atoms with van der Waals surface area (Å²) in [5.74, 6) is 1.61. The van der Waals surface area contributed by atoms with E-state index in [1.807, 2.05) is 61.0 Å². The van der Waals surface area contributed by atoms with Gasteiger partial charge in [0.25, 0.3) is 5.91 Å². The molecule has 11 heteroatoms. The minimum absolute atomic E-state index is 0.0319. The third-order valence-electron chi connectivity index (χ3n) is 6.09. The van der Waals surface area contributed by atoms with Gasteiger partial charge in [0, 0.05) is 48.5 Å². The zero-order valence-corrected chi connectivity index (χ0v) is 22.1. The molecule has 0 radical (unpaired) electrons. The monoisotopic (exact) mass is 536 g/mol. The van der Waals surface area contributed by atoms with Crippen molar-refractivity contribution in [2.75, 3.05) is 72.8 Å². The molecule has 0 atom stereocenters. The predicted octanol–water partition coefficient (Wildman–Crippen LogP) is 3.87. The highest BCUT2D eigenvalue weighted by Crippen LogP contribution is 2.29. The highest BCUT2D eigenvalue weighted by molar-refractivity contribution is 7.98. The van der Waals surface area contributed by atoms with Gasteiger partial charge < -0.3 is 29.9 Å². The normalized spacial score (nSPS) is 16.0. The molecular formula is C26H28N6O3S2. The zero-order chi connectivity index (χ0) is 25.6. The van der Waals surface area contributed by atoms with E-state index in [-0.39, 0.29) is 12.5 Å². The number of nitrogens with zero attached hydrogens (tertiary/aromatic N) is 4. The lowest BCUT2D eigenvalue weighted by Gasteiger charge is -2.29. The van der Waals surface area contributed by atoms with E-state index in [9.17, 15) is 4.79 Å². The molecule has 3 heterocycles. The topological polar surface area (TPSA) is 91.9 Å². The van der Waals surface area contributed by atoms with Gasteiger partial charge >= 0.3 is 0 Å². The molecular weight excluding hydrogens is 508 g/mol. The van der Waals surface area contributed by atoms with Gasteiger partial charge in [0.1, 0.15) is 12.4 Å². The number of thioether (sulfide) groups is 1. The number of ether oxygens (including phenoxy) is 2. The van der Waals surface area contributed by atoms with Crippen LogP contribution >= 0.6 is 24.0 Å². The van der Waals surface area contributed by atoms with Crippen molar-refractivity contribution in [3.05, 3.63) is 54.7 Å². The van der Waals surface area contributed by atoms with Crippen molar-refractivity contribution in [1.82, 2.24) is 9.97 Å². The first kappa shape index (κ1) is 25.4. The Morgan fingerprint density at radius 2 is 1.59 bits per heavy atom. The number of rotatable bonds is 6. The van der Waals surface area contributed by atoms with Crippen molar-refractivity contribution < 1.29 is 14.3 Å². The summed E-state index contributed by atoms with van der Waals surface area (Å²) in [6.45, 7) is 4.29. The van der Waals surface area contributed by atoms with Crippen LogP contribution in [-0.2, 0) is 14.3 Å². The number of aromatic nitrogens is 2. The maximum atomic E-state index is 12.0. The summed E-state index contributed by atoms with van der Waals surface area (Å²) in [5, 5.41) is 6.86. The third-order valence-corrected chi connectivity index (χ3v) is 7.02. The van der Waals surface area contributed by atoms with Gasteiger partial charge in [0.05, 0.1) is 24.7 Å². The van der Waals surface area contributed by atoms with Crippen LogP contribution in [0.2, 0.25) is 0 Å². The Morgan fingerprint density at radius 1 is 0.946 bits per heavy atom. The number of thiocarbonyl (C=S) groups is 1. The second-order valence-corrected chi connectivity index (χ2v) is 9.74. The van der Waals surface area contributed by atoms with E-state index < -0.39 is 0 Å². The first-order valence-corrected chi connectivity index (χ1v) is 13.6. The average molecular weight is 537 g/mol. The van der Waals surface area contributed by atoms with Crippen LogP contribution in [0.4, 0.5) is 22.9 Å². The molecule has 0 unspecified atom stereocenters. The van der Waals surface area contributed by atoms with E-state index >= 15 is 0 Å². The van der Waals surface area contributed by atoms with Crippen LogP contribution in [0, 0.1) is 0 Å². The maximum Gasteiger partial charge on any atom is 0.253 e. The molecule has 2 N–H and O–H groups in total. The summed E-state index contributed by atoms with van der Waals surface area (Å²) in [6, 6.07) is 15.5.